The van der Waals surface area contributed by atoms with Crippen LogP contribution in [0.25, 0.3) is 0 Å². The lowest BCUT2D eigenvalue weighted by atomic mass is 10.4. The van der Waals surface area contributed by atoms with E-state index in [1.807, 2.05) is 0 Å². The van der Waals surface area contributed by atoms with Crippen molar-refractivity contribution in [3.63, 3.8) is 0 Å². The van der Waals surface area contributed by atoms with Gasteiger partial charge in [-0.05, 0) is 6.92 Å². The number of aromatic amines is 2. The molecule has 9 nitrogen and oxygen atoms in total. The second kappa shape index (κ2) is 6.06. The summed E-state index contributed by atoms with van der Waals surface area (Å²) in [6, 6.07) is 0. The minimum absolute atomic E-state index is 0.111. The summed E-state index contributed by atoms with van der Waals surface area (Å²) in [4.78, 5) is 11.7. The molecule has 0 amide bonds. The molecule has 2 aromatic rings. The summed E-state index contributed by atoms with van der Waals surface area (Å²) in [5.74, 6) is -0.735. The van der Waals surface area contributed by atoms with Gasteiger partial charge in [-0.25, -0.2) is 13.2 Å². The van der Waals surface area contributed by atoms with Crippen LogP contribution in [0.5, 0.6) is 0 Å². The predicted molar refractivity (Wildman–Crippen MR) is 71.8 cm³/mol. The van der Waals surface area contributed by atoms with Crippen molar-refractivity contribution in [3.05, 3.63) is 29.7 Å². The summed E-state index contributed by atoms with van der Waals surface area (Å²) in [7, 11) is -2.49. The second-order valence-electron chi connectivity index (χ2n) is 4.20. The molecule has 0 saturated carbocycles. The Balaban J connectivity index is 2.27. The van der Waals surface area contributed by atoms with Crippen LogP contribution in [-0.4, -0.2) is 52.7 Å². The maximum Gasteiger partial charge on any atom is 0.342 e. The molecule has 0 atom stereocenters. The van der Waals surface area contributed by atoms with Crippen molar-refractivity contribution in [1.29, 1.82) is 0 Å². The van der Waals surface area contributed by atoms with Crippen molar-refractivity contribution in [2.45, 2.75) is 18.5 Å². The van der Waals surface area contributed by atoms with Gasteiger partial charge in [-0.1, -0.05) is 0 Å². The number of hydrogen-bond acceptors (Lipinski definition) is 6. The van der Waals surface area contributed by atoms with Crippen molar-refractivity contribution in [2.75, 3.05) is 13.7 Å². The van der Waals surface area contributed by atoms with Gasteiger partial charge < -0.3 is 4.74 Å². The summed E-state index contributed by atoms with van der Waals surface area (Å²) in [5, 5.41) is 12.0. The molecule has 0 unspecified atom stereocenters. The van der Waals surface area contributed by atoms with E-state index in [0.29, 0.717) is 5.56 Å². The highest BCUT2D eigenvalue weighted by Gasteiger charge is 2.29. The Hall–Kier alpha value is -2.20. The van der Waals surface area contributed by atoms with E-state index in [2.05, 4.69) is 20.4 Å². The first-order valence-electron chi connectivity index (χ1n) is 6.11. The third-order valence-electron chi connectivity index (χ3n) is 2.73. The van der Waals surface area contributed by atoms with E-state index in [4.69, 9.17) is 4.74 Å². The number of esters is 1. The Morgan fingerprint density at radius 2 is 2.14 bits per heavy atom. The summed E-state index contributed by atoms with van der Waals surface area (Å²) < 4.78 is 30.8. The molecule has 2 heterocycles. The molecule has 0 spiro atoms. The SMILES string of the molecule is CCOC(=O)c1cn[nH]c1S(=O)(=O)N(C)Cc1cn[nH]c1. The Morgan fingerprint density at radius 3 is 2.76 bits per heavy atom. The highest BCUT2D eigenvalue weighted by molar-refractivity contribution is 7.89. The van der Waals surface area contributed by atoms with Crippen LogP contribution < -0.4 is 0 Å². The fraction of sp³-hybridized carbons (Fsp3) is 0.364. The van der Waals surface area contributed by atoms with Crippen LogP contribution in [0.4, 0.5) is 0 Å². The lowest BCUT2D eigenvalue weighted by Gasteiger charge is -2.15. The molecule has 114 valence electrons. The standard InChI is InChI=1S/C11H15N5O4S/c1-3-20-11(17)9-6-14-15-10(9)21(18,19)16(2)7-8-4-12-13-5-8/h4-6H,3,7H2,1-2H3,(H,12,13)(H,14,15). The molecule has 0 aliphatic rings. The largest absolute Gasteiger partial charge is 0.462 e. The zero-order valence-corrected chi connectivity index (χ0v) is 12.3. The molecule has 0 aliphatic carbocycles. The molecule has 2 N–H and O–H groups in total. The van der Waals surface area contributed by atoms with Crippen LogP contribution in [0, 0.1) is 0 Å². The van der Waals surface area contributed by atoms with E-state index in [1.54, 1.807) is 13.1 Å². The van der Waals surface area contributed by atoms with Gasteiger partial charge in [-0.2, -0.15) is 14.5 Å². The number of carbonyl (C=O) groups is 1. The van der Waals surface area contributed by atoms with Gasteiger partial charge >= 0.3 is 5.97 Å². The average molecular weight is 313 g/mol. The minimum atomic E-state index is -3.89. The number of H-pyrrole nitrogens is 2. The zero-order chi connectivity index (χ0) is 15.5. The Bertz CT molecular complexity index is 707. The number of hydrogen-bond donors (Lipinski definition) is 2. The normalized spacial score (nSPS) is 11.8. The van der Waals surface area contributed by atoms with E-state index < -0.39 is 16.0 Å². The van der Waals surface area contributed by atoms with E-state index >= 15 is 0 Å². The number of aromatic nitrogens is 4. The van der Waals surface area contributed by atoms with E-state index in [0.717, 1.165) is 10.5 Å². The fourth-order valence-electron chi connectivity index (χ4n) is 1.69. The average Bonchev–Trinajstić information content (AvgIpc) is 3.09. The predicted octanol–water partition coefficient (Wildman–Crippen LogP) is 0.130. The topological polar surface area (TPSA) is 121 Å². The quantitative estimate of drug-likeness (QED) is 0.731. The number of nitrogens with one attached hydrogen (secondary N) is 2. The number of nitrogens with zero attached hydrogens (tertiary/aromatic N) is 3. The molecular formula is C11H15N5O4S. The monoisotopic (exact) mass is 313 g/mol. The molecule has 0 radical (unpaired) electrons. The number of sulfonamides is 1. The molecule has 0 aromatic carbocycles. The molecule has 2 aromatic heterocycles. The first-order chi connectivity index (χ1) is 9.96. The van der Waals surface area contributed by atoms with Crippen LogP contribution in [0.2, 0.25) is 0 Å². The highest BCUT2D eigenvalue weighted by atomic mass is 32.2. The number of carbonyl (C=O) groups excluding carboxylic acids is 1. The maximum absolute atomic E-state index is 12.5. The molecule has 21 heavy (non-hydrogen) atoms. The van der Waals surface area contributed by atoms with E-state index in [9.17, 15) is 13.2 Å². The van der Waals surface area contributed by atoms with Crippen molar-refractivity contribution in [1.82, 2.24) is 24.7 Å². The third-order valence-corrected chi connectivity index (χ3v) is 4.50. The Morgan fingerprint density at radius 1 is 1.38 bits per heavy atom. The van der Waals surface area contributed by atoms with E-state index in [-0.39, 0.29) is 23.7 Å². The smallest absolute Gasteiger partial charge is 0.342 e. The first kappa shape index (κ1) is 15.2. The van der Waals surface area contributed by atoms with Gasteiger partial charge in [-0.15, -0.1) is 0 Å². The van der Waals surface area contributed by atoms with Gasteiger partial charge in [0.25, 0.3) is 10.0 Å². The van der Waals surface area contributed by atoms with Crippen LogP contribution in [0.1, 0.15) is 22.8 Å². The fourth-order valence-corrected chi connectivity index (χ4v) is 2.90. The Labute approximate surface area is 121 Å². The zero-order valence-electron chi connectivity index (χ0n) is 11.5. The van der Waals surface area contributed by atoms with Gasteiger partial charge in [0.1, 0.15) is 5.56 Å². The molecule has 0 aliphatic heterocycles. The summed E-state index contributed by atoms with van der Waals surface area (Å²) in [6.07, 6.45) is 4.24. The van der Waals surface area contributed by atoms with Crippen LogP contribution in [-0.2, 0) is 21.3 Å². The van der Waals surface area contributed by atoms with Crippen LogP contribution in [0.3, 0.4) is 0 Å². The van der Waals surface area contributed by atoms with Gasteiger partial charge in [0.05, 0.1) is 19.0 Å². The Kier molecular flexibility index (Phi) is 4.38. The highest BCUT2D eigenvalue weighted by Crippen LogP contribution is 2.18. The summed E-state index contributed by atoms with van der Waals surface area (Å²) in [6.45, 7) is 1.89. The van der Waals surface area contributed by atoms with Gasteiger partial charge in [0.2, 0.25) is 0 Å². The second-order valence-corrected chi connectivity index (χ2v) is 6.18. The van der Waals surface area contributed by atoms with Gasteiger partial charge in [0.15, 0.2) is 5.03 Å². The summed E-state index contributed by atoms with van der Waals surface area (Å²) in [5.41, 5.74) is 0.578. The maximum atomic E-state index is 12.5. The molecule has 0 saturated heterocycles. The summed E-state index contributed by atoms with van der Waals surface area (Å²) >= 11 is 0. The molecule has 2 rings (SSSR count). The van der Waals surface area contributed by atoms with Crippen molar-refractivity contribution in [2.24, 2.45) is 0 Å². The molecule has 0 bridgehead atoms. The van der Waals surface area contributed by atoms with Crippen molar-refractivity contribution in [3.8, 4) is 0 Å². The van der Waals surface area contributed by atoms with Crippen molar-refractivity contribution < 1.29 is 17.9 Å². The van der Waals surface area contributed by atoms with Crippen molar-refractivity contribution >= 4 is 16.0 Å². The number of rotatable bonds is 6. The lowest BCUT2D eigenvalue weighted by Crippen LogP contribution is -2.28. The van der Waals surface area contributed by atoms with Crippen LogP contribution in [0.15, 0.2) is 23.6 Å². The van der Waals surface area contributed by atoms with Gasteiger partial charge in [0, 0.05) is 25.4 Å². The van der Waals surface area contributed by atoms with Gasteiger partial charge in [-0.3, -0.25) is 10.2 Å². The molecule has 10 heteroatoms. The lowest BCUT2D eigenvalue weighted by molar-refractivity contribution is 0.0521. The number of ether oxygens (including phenoxy) is 1. The molecular weight excluding hydrogens is 298 g/mol. The minimum Gasteiger partial charge on any atom is -0.462 e. The first-order valence-corrected chi connectivity index (χ1v) is 7.55. The third kappa shape index (κ3) is 3.11. The van der Waals surface area contributed by atoms with E-state index in [1.165, 1.54) is 13.2 Å². The molecule has 0 fully saturated rings. The van der Waals surface area contributed by atoms with Crippen LogP contribution >= 0.6 is 0 Å².